The van der Waals surface area contributed by atoms with E-state index in [9.17, 15) is 5.26 Å². The van der Waals surface area contributed by atoms with Crippen LogP contribution < -0.4 is 0 Å². The van der Waals surface area contributed by atoms with Crippen LogP contribution in [0.3, 0.4) is 0 Å². The second kappa shape index (κ2) is 6.98. The Morgan fingerprint density at radius 2 is 1.86 bits per heavy atom. The lowest BCUT2D eigenvalue weighted by atomic mass is 10.1. The molecule has 0 unspecified atom stereocenters. The van der Waals surface area contributed by atoms with Gasteiger partial charge in [-0.2, -0.15) is 5.26 Å². The lowest BCUT2D eigenvalue weighted by Gasteiger charge is -2.04. The number of fused-ring (bicyclic) bond motifs is 1. The summed E-state index contributed by atoms with van der Waals surface area (Å²) in [6, 6.07) is 16.0. The smallest absolute Gasteiger partial charge is 0.101 e. The van der Waals surface area contributed by atoms with Crippen LogP contribution >= 0.6 is 11.6 Å². The first-order valence-corrected chi connectivity index (χ1v) is 7.34. The molecule has 0 N–H and O–H groups in total. The van der Waals surface area contributed by atoms with Gasteiger partial charge in [0.2, 0.25) is 0 Å². The minimum atomic E-state index is 0.595. The molecule has 0 saturated heterocycles. The van der Waals surface area contributed by atoms with Crippen molar-refractivity contribution in [2.24, 2.45) is 0 Å². The first kappa shape index (κ1) is 15.9. The Hall–Kier alpha value is -2.50. The van der Waals surface area contributed by atoms with E-state index in [0.717, 1.165) is 16.8 Å². The molecule has 0 amide bonds. The maximum atomic E-state index is 9.24. The van der Waals surface area contributed by atoms with Crippen molar-refractivity contribution in [2.75, 3.05) is 0 Å². The summed E-state index contributed by atoms with van der Waals surface area (Å²) in [5, 5.41) is 9.84. The van der Waals surface area contributed by atoms with Gasteiger partial charge in [-0.3, -0.25) is 0 Å². The van der Waals surface area contributed by atoms with E-state index < -0.39 is 0 Å². The summed E-state index contributed by atoms with van der Waals surface area (Å²) in [6.45, 7) is 7.30. The van der Waals surface area contributed by atoms with E-state index >= 15 is 0 Å². The molecule has 0 saturated carbocycles. The standard InChI is InChI=1S/C16H11ClN2.C3H6/c1-11-4-6-12(7-5-11)15-9-13(10-18)16-14(17)3-2-8-19(15)16;1-3-2/h2-9H,1H3;3H,1H2,2H3. The zero-order valence-electron chi connectivity index (χ0n) is 12.7. The van der Waals surface area contributed by atoms with Gasteiger partial charge in [-0.25, -0.2) is 0 Å². The first-order chi connectivity index (χ1) is 10.6. The molecule has 0 spiro atoms. The fourth-order valence-corrected chi connectivity index (χ4v) is 2.51. The van der Waals surface area contributed by atoms with Crippen molar-refractivity contribution in [3.63, 3.8) is 0 Å². The normalized spacial score (nSPS) is 9.73. The predicted octanol–water partition coefficient (Wildman–Crippen LogP) is 5.63. The summed E-state index contributed by atoms with van der Waals surface area (Å²) >= 11 is 6.20. The average Bonchev–Trinajstić information content (AvgIpc) is 2.89. The second-order valence-electron chi connectivity index (χ2n) is 4.90. The number of aryl methyl sites for hydroxylation is 1. The molecule has 0 aliphatic carbocycles. The number of halogens is 1. The third kappa shape index (κ3) is 3.05. The third-order valence-electron chi connectivity index (χ3n) is 3.21. The van der Waals surface area contributed by atoms with Gasteiger partial charge in [-0.1, -0.05) is 47.5 Å². The molecule has 0 radical (unpaired) electrons. The number of pyridine rings is 1. The Morgan fingerprint density at radius 1 is 1.23 bits per heavy atom. The van der Waals surface area contributed by atoms with E-state index in [0.29, 0.717) is 10.6 Å². The number of hydrogen-bond donors (Lipinski definition) is 0. The van der Waals surface area contributed by atoms with E-state index in [4.69, 9.17) is 11.6 Å². The van der Waals surface area contributed by atoms with Gasteiger partial charge >= 0.3 is 0 Å². The minimum Gasteiger partial charge on any atom is -0.314 e. The molecule has 0 fully saturated rings. The molecule has 3 heteroatoms. The molecular formula is C19H17ClN2. The summed E-state index contributed by atoms with van der Waals surface area (Å²) in [5.74, 6) is 0. The lowest BCUT2D eigenvalue weighted by molar-refractivity contribution is 1.20. The number of allylic oxidation sites excluding steroid dienone is 1. The highest BCUT2D eigenvalue weighted by molar-refractivity contribution is 6.34. The Bertz CT molecular complexity index is 836. The largest absolute Gasteiger partial charge is 0.314 e. The van der Waals surface area contributed by atoms with Crippen LogP contribution in [0.2, 0.25) is 5.02 Å². The van der Waals surface area contributed by atoms with Crippen molar-refractivity contribution in [3.8, 4) is 17.3 Å². The van der Waals surface area contributed by atoms with Crippen molar-refractivity contribution in [1.29, 1.82) is 5.26 Å². The van der Waals surface area contributed by atoms with Crippen molar-refractivity contribution in [2.45, 2.75) is 13.8 Å². The summed E-state index contributed by atoms with van der Waals surface area (Å²) in [7, 11) is 0. The minimum absolute atomic E-state index is 0.595. The van der Waals surface area contributed by atoms with Crippen molar-refractivity contribution in [1.82, 2.24) is 4.40 Å². The van der Waals surface area contributed by atoms with Gasteiger partial charge in [0.25, 0.3) is 0 Å². The van der Waals surface area contributed by atoms with Crippen LogP contribution in [0.15, 0.2) is 61.3 Å². The van der Waals surface area contributed by atoms with Crippen LogP contribution in [-0.4, -0.2) is 4.40 Å². The molecule has 0 aliphatic rings. The van der Waals surface area contributed by atoms with Gasteiger partial charge in [-0.15, -0.1) is 6.58 Å². The molecule has 2 nitrogen and oxygen atoms in total. The number of benzene rings is 1. The van der Waals surface area contributed by atoms with Crippen LogP contribution in [0.25, 0.3) is 16.8 Å². The van der Waals surface area contributed by atoms with Gasteiger partial charge in [0.15, 0.2) is 0 Å². The SMILES string of the molecule is C=CC.Cc1ccc(-c2cc(C#N)c3c(Cl)cccn23)cc1. The van der Waals surface area contributed by atoms with Crippen LogP contribution in [0.5, 0.6) is 0 Å². The van der Waals surface area contributed by atoms with Crippen LogP contribution in [-0.2, 0) is 0 Å². The Balaban J connectivity index is 0.000000545. The average molecular weight is 309 g/mol. The Labute approximate surface area is 135 Å². The number of nitriles is 1. The molecule has 110 valence electrons. The van der Waals surface area contributed by atoms with E-state index in [1.165, 1.54) is 5.56 Å². The highest BCUT2D eigenvalue weighted by atomic mass is 35.5. The molecule has 1 aromatic carbocycles. The maximum absolute atomic E-state index is 9.24. The highest BCUT2D eigenvalue weighted by Crippen LogP contribution is 2.30. The van der Waals surface area contributed by atoms with Crippen molar-refractivity contribution >= 4 is 17.1 Å². The Kier molecular flexibility index (Phi) is 5.04. The molecule has 0 aliphatic heterocycles. The molecule has 3 rings (SSSR count). The molecular weight excluding hydrogens is 292 g/mol. The monoisotopic (exact) mass is 308 g/mol. The summed E-state index contributed by atoms with van der Waals surface area (Å²) < 4.78 is 1.96. The van der Waals surface area contributed by atoms with Crippen LogP contribution in [0.4, 0.5) is 0 Å². The van der Waals surface area contributed by atoms with Gasteiger partial charge in [0.05, 0.1) is 21.8 Å². The molecule has 2 aromatic heterocycles. The third-order valence-corrected chi connectivity index (χ3v) is 3.51. The van der Waals surface area contributed by atoms with E-state index in [1.807, 2.05) is 29.7 Å². The number of aromatic nitrogens is 1. The molecule has 2 heterocycles. The number of nitrogens with zero attached hydrogens (tertiary/aromatic N) is 2. The lowest BCUT2D eigenvalue weighted by Crippen LogP contribution is -1.88. The first-order valence-electron chi connectivity index (χ1n) is 6.96. The molecule has 3 aromatic rings. The van der Waals surface area contributed by atoms with Crippen molar-refractivity contribution in [3.05, 3.63) is 77.5 Å². The quantitative estimate of drug-likeness (QED) is 0.535. The number of hydrogen-bond acceptors (Lipinski definition) is 1. The van der Waals surface area contributed by atoms with Gasteiger partial charge in [0, 0.05) is 6.20 Å². The van der Waals surface area contributed by atoms with E-state index in [2.05, 4.69) is 43.8 Å². The number of rotatable bonds is 1. The summed E-state index contributed by atoms with van der Waals surface area (Å²) in [4.78, 5) is 0. The van der Waals surface area contributed by atoms with Crippen LogP contribution in [0, 0.1) is 18.3 Å². The van der Waals surface area contributed by atoms with Crippen molar-refractivity contribution < 1.29 is 0 Å². The molecule has 0 atom stereocenters. The highest BCUT2D eigenvalue weighted by Gasteiger charge is 2.12. The van der Waals surface area contributed by atoms with E-state index in [-0.39, 0.29) is 0 Å². The van der Waals surface area contributed by atoms with Gasteiger partial charge < -0.3 is 4.40 Å². The maximum Gasteiger partial charge on any atom is 0.101 e. The topological polar surface area (TPSA) is 28.2 Å². The van der Waals surface area contributed by atoms with Gasteiger partial charge in [-0.05, 0) is 37.6 Å². The zero-order valence-corrected chi connectivity index (χ0v) is 13.4. The predicted molar refractivity (Wildman–Crippen MR) is 93.2 cm³/mol. The van der Waals surface area contributed by atoms with E-state index in [1.54, 1.807) is 12.1 Å². The summed E-state index contributed by atoms with van der Waals surface area (Å²) in [5.41, 5.74) is 4.63. The summed E-state index contributed by atoms with van der Waals surface area (Å²) in [6.07, 6.45) is 3.68. The fraction of sp³-hybridized carbons (Fsp3) is 0.105. The molecule has 22 heavy (non-hydrogen) atoms. The van der Waals surface area contributed by atoms with Crippen LogP contribution in [0.1, 0.15) is 18.1 Å². The fourth-order valence-electron chi connectivity index (χ4n) is 2.25. The second-order valence-corrected chi connectivity index (χ2v) is 5.31. The zero-order chi connectivity index (χ0) is 16.1. The molecule has 0 bridgehead atoms. The van der Waals surface area contributed by atoms with Gasteiger partial charge in [0.1, 0.15) is 6.07 Å². The Morgan fingerprint density at radius 3 is 2.45 bits per heavy atom.